The summed E-state index contributed by atoms with van der Waals surface area (Å²) >= 11 is 0. The Labute approximate surface area is 102 Å². The minimum absolute atomic E-state index is 0.146. The van der Waals surface area contributed by atoms with Gasteiger partial charge in [-0.2, -0.15) is 5.21 Å². The average Bonchev–Trinajstić information content (AvgIpc) is 2.85. The molecule has 1 heterocycles. The number of nitrogens with zero attached hydrogens (tertiary/aromatic N) is 3. The Morgan fingerprint density at radius 2 is 2.11 bits per heavy atom. The zero-order valence-corrected chi connectivity index (χ0v) is 9.41. The Balaban J connectivity index is 1.93. The van der Waals surface area contributed by atoms with Crippen LogP contribution in [0.3, 0.4) is 0 Å². The molecule has 0 amide bonds. The molecule has 0 aliphatic rings. The van der Waals surface area contributed by atoms with Gasteiger partial charge < -0.3 is 16.2 Å². The van der Waals surface area contributed by atoms with Crippen LogP contribution in [0.4, 0.5) is 5.69 Å². The van der Waals surface area contributed by atoms with Gasteiger partial charge in [-0.15, -0.1) is 0 Å². The molecule has 1 aromatic heterocycles. The Hall–Kier alpha value is -2.48. The first-order valence-electron chi connectivity index (χ1n) is 5.20. The number of esters is 1. The lowest BCUT2D eigenvalue weighted by Gasteiger charge is -2.09. The number of nitrogens with one attached hydrogen (secondary N) is 1. The van der Waals surface area contributed by atoms with Crippen molar-refractivity contribution in [1.29, 1.82) is 0 Å². The number of aromatic amines is 1. The second-order valence-corrected chi connectivity index (χ2v) is 3.67. The van der Waals surface area contributed by atoms with Gasteiger partial charge in [-0.3, -0.25) is 0 Å². The maximum atomic E-state index is 11.6. The van der Waals surface area contributed by atoms with Crippen molar-refractivity contribution in [3.05, 3.63) is 29.8 Å². The van der Waals surface area contributed by atoms with E-state index in [1.54, 1.807) is 24.3 Å². The van der Waals surface area contributed by atoms with Crippen molar-refractivity contribution in [3.8, 4) is 6.01 Å². The van der Waals surface area contributed by atoms with E-state index >= 15 is 0 Å². The zero-order chi connectivity index (χ0) is 13.0. The summed E-state index contributed by atoms with van der Waals surface area (Å²) in [7, 11) is 0. The molecule has 0 aliphatic carbocycles. The van der Waals surface area contributed by atoms with Crippen molar-refractivity contribution in [1.82, 2.24) is 20.6 Å². The highest BCUT2D eigenvalue weighted by molar-refractivity contribution is 5.77. The number of hydrogen-bond donors (Lipinski definition) is 3. The van der Waals surface area contributed by atoms with E-state index in [9.17, 15) is 4.79 Å². The number of ether oxygens (including phenoxy) is 1. The lowest BCUT2D eigenvalue weighted by molar-refractivity contribution is -0.136. The van der Waals surface area contributed by atoms with Gasteiger partial charge in [0.05, 0.1) is 0 Å². The number of carbonyl (C=O) groups is 1. The molecule has 0 saturated heterocycles. The fraction of sp³-hybridized carbons (Fsp3) is 0.200. The monoisotopic (exact) mass is 248 g/mol. The molecule has 18 heavy (non-hydrogen) atoms. The number of benzene rings is 1. The number of carbonyl (C=O) groups excluding carboxylic acids is 1. The van der Waals surface area contributed by atoms with E-state index < -0.39 is 12.0 Å². The third kappa shape index (κ3) is 3.01. The van der Waals surface area contributed by atoms with Crippen LogP contribution in [-0.2, 0) is 11.2 Å². The Morgan fingerprint density at radius 1 is 1.39 bits per heavy atom. The van der Waals surface area contributed by atoms with Crippen LogP contribution in [-0.4, -0.2) is 32.6 Å². The van der Waals surface area contributed by atoms with E-state index in [0.717, 1.165) is 5.56 Å². The van der Waals surface area contributed by atoms with E-state index in [-0.39, 0.29) is 6.01 Å². The maximum absolute atomic E-state index is 11.6. The summed E-state index contributed by atoms with van der Waals surface area (Å²) in [6.45, 7) is 0. The van der Waals surface area contributed by atoms with Crippen LogP contribution in [0.1, 0.15) is 5.56 Å². The average molecular weight is 248 g/mol. The Kier molecular flexibility index (Phi) is 3.49. The van der Waals surface area contributed by atoms with Crippen molar-refractivity contribution in [2.45, 2.75) is 12.5 Å². The van der Waals surface area contributed by atoms with Crippen LogP contribution in [0.5, 0.6) is 6.01 Å². The summed E-state index contributed by atoms with van der Waals surface area (Å²) in [4.78, 5) is 11.6. The zero-order valence-electron chi connectivity index (χ0n) is 9.41. The van der Waals surface area contributed by atoms with Gasteiger partial charge in [-0.25, -0.2) is 4.79 Å². The summed E-state index contributed by atoms with van der Waals surface area (Å²) in [5, 5.41) is 12.4. The number of rotatable bonds is 4. The molecule has 2 rings (SSSR count). The van der Waals surface area contributed by atoms with E-state index in [1.165, 1.54) is 0 Å². The third-order valence-electron chi connectivity index (χ3n) is 2.26. The summed E-state index contributed by atoms with van der Waals surface area (Å²) in [5.74, 6) is -0.617. The molecule has 94 valence electrons. The van der Waals surface area contributed by atoms with Crippen LogP contribution >= 0.6 is 0 Å². The van der Waals surface area contributed by atoms with Gasteiger partial charge >= 0.3 is 12.0 Å². The fourth-order valence-electron chi connectivity index (χ4n) is 1.35. The molecule has 0 unspecified atom stereocenters. The van der Waals surface area contributed by atoms with Crippen LogP contribution in [0.15, 0.2) is 24.3 Å². The summed E-state index contributed by atoms with van der Waals surface area (Å²) in [6.07, 6.45) is 0.344. The predicted molar refractivity (Wildman–Crippen MR) is 62.3 cm³/mol. The molecule has 5 N–H and O–H groups in total. The summed E-state index contributed by atoms with van der Waals surface area (Å²) in [5.41, 5.74) is 12.8. The lowest BCUT2D eigenvalue weighted by atomic mass is 10.1. The Bertz CT molecular complexity index is 510. The first-order valence-corrected chi connectivity index (χ1v) is 5.20. The van der Waals surface area contributed by atoms with Crippen molar-refractivity contribution < 1.29 is 9.53 Å². The van der Waals surface area contributed by atoms with E-state index in [0.29, 0.717) is 12.1 Å². The van der Waals surface area contributed by atoms with E-state index in [2.05, 4.69) is 20.6 Å². The van der Waals surface area contributed by atoms with E-state index in [4.69, 9.17) is 16.2 Å². The standard InChI is InChI=1S/C10H12N6O2/c11-7-3-1-6(2-4-7)5-8(12)9(17)18-10-13-15-16-14-10/h1-4,8H,5,11-12H2,(H,13,14,15,16)/t8-/m0/s1. The number of nitrogens with two attached hydrogens (primary N) is 2. The van der Waals surface area contributed by atoms with Gasteiger partial charge in [0.15, 0.2) is 0 Å². The quantitative estimate of drug-likeness (QED) is 0.479. The number of anilines is 1. The molecule has 0 spiro atoms. The van der Waals surface area contributed by atoms with Gasteiger partial charge in [-0.05, 0) is 29.3 Å². The highest BCUT2D eigenvalue weighted by Gasteiger charge is 2.18. The van der Waals surface area contributed by atoms with Gasteiger partial charge in [-0.1, -0.05) is 22.3 Å². The molecule has 0 saturated carbocycles. The molecule has 0 aliphatic heterocycles. The normalized spacial score (nSPS) is 12.1. The minimum atomic E-state index is -0.799. The maximum Gasteiger partial charge on any atom is 0.363 e. The smallest absolute Gasteiger partial charge is 0.363 e. The van der Waals surface area contributed by atoms with Crippen LogP contribution in [0.25, 0.3) is 0 Å². The van der Waals surface area contributed by atoms with Gasteiger partial charge in [0.1, 0.15) is 6.04 Å². The minimum Gasteiger partial charge on any atom is -0.399 e. The summed E-state index contributed by atoms with van der Waals surface area (Å²) < 4.78 is 4.81. The first-order chi connectivity index (χ1) is 8.65. The highest BCUT2D eigenvalue weighted by Crippen LogP contribution is 2.08. The second-order valence-electron chi connectivity index (χ2n) is 3.67. The molecular weight excluding hydrogens is 236 g/mol. The number of hydrogen-bond acceptors (Lipinski definition) is 7. The van der Waals surface area contributed by atoms with Crippen molar-refractivity contribution >= 4 is 11.7 Å². The first kappa shape index (κ1) is 12.0. The number of tetrazole rings is 1. The van der Waals surface area contributed by atoms with Crippen molar-refractivity contribution in [2.24, 2.45) is 5.73 Å². The Morgan fingerprint density at radius 3 is 2.72 bits per heavy atom. The second kappa shape index (κ2) is 5.23. The van der Waals surface area contributed by atoms with Crippen molar-refractivity contribution in [2.75, 3.05) is 5.73 Å². The lowest BCUT2D eigenvalue weighted by Crippen LogP contribution is -2.36. The van der Waals surface area contributed by atoms with Gasteiger partial charge in [0.2, 0.25) is 0 Å². The topological polar surface area (TPSA) is 133 Å². The van der Waals surface area contributed by atoms with Gasteiger partial charge in [0.25, 0.3) is 0 Å². The highest BCUT2D eigenvalue weighted by atomic mass is 16.6. The number of aromatic nitrogens is 4. The molecular formula is C10H12N6O2. The molecule has 0 bridgehead atoms. The van der Waals surface area contributed by atoms with Crippen LogP contribution in [0, 0.1) is 0 Å². The SMILES string of the molecule is Nc1ccc(C[C@H](N)C(=O)Oc2nn[nH]n2)cc1. The largest absolute Gasteiger partial charge is 0.399 e. The predicted octanol–water partition coefficient (Wildman–Crippen LogP) is -0.743. The molecule has 1 atom stereocenters. The summed E-state index contributed by atoms with van der Waals surface area (Å²) in [6, 6.07) is 6.15. The van der Waals surface area contributed by atoms with Crippen LogP contribution < -0.4 is 16.2 Å². The number of nitrogen functional groups attached to an aromatic ring is 1. The van der Waals surface area contributed by atoms with Gasteiger partial charge in [0, 0.05) is 5.69 Å². The molecule has 8 nitrogen and oxygen atoms in total. The fourth-order valence-corrected chi connectivity index (χ4v) is 1.35. The molecule has 0 radical (unpaired) electrons. The number of H-pyrrole nitrogens is 1. The molecule has 2 aromatic rings. The molecule has 1 aromatic carbocycles. The van der Waals surface area contributed by atoms with Crippen LogP contribution in [0.2, 0.25) is 0 Å². The van der Waals surface area contributed by atoms with E-state index in [1.807, 2.05) is 0 Å². The molecule has 0 fully saturated rings. The third-order valence-corrected chi connectivity index (χ3v) is 2.26. The molecule has 8 heteroatoms. The van der Waals surface area contributed by atoms with Crippen molar-refractivity contribution in [3.63, 3.8) is 0 Å².